The summed E-state index contributed by atoms with van der Waals surface area (Å²) in [5.41, 5.74) is 1.06. The molecule has 0 aliphatic carbocycles. The van der Waals surface area contributed by atoms with Gasteiger partial charge in [0.05, 0.1) is 5.02 Å². The lowest BCUT2D eigenvalue weighted by Crippen LogP contribution is -2.17. The summed E-state index contributed by atoms with van der Waals surface area (Å²) < 4.78 is 11.3. The molecule has 0 heterocycles. The number of carbonyl (C=O) groups is 1. The Morgan fingerprint density at radius 3 is 2.75 bits per heavy atom. The third-order valence-electron chi connectivity index (χ3n) is 2.46. The molecule has 2 aromatic carbocycles. The first-order valence-corrected chi connectivity index (χ1v) is 7.07. The Morgan fingerprint density at radius 1 is 1.25 bits per heavy atom. The summed E-state index contributed by atoms with van der Waals surface area (Å²) >= 11 is 9.24. The van der Waals surface area contributed by atoms with Crippen LogP contribution >= 0.6 is 27.5 Å². The van der Waals surface area contributed by atoms with E-state index in [1.807, 2.05) is 25.1 Å². The lowest BCUT2D eigenvalue weighted by atomic mass is 10.2. The summed E-state index contributed by atoms with van der Waals surface area (Å²) in [6, 6.07) is 12.5. The Bertz CT molecular complexity index is 628. The van der Waals surface area contributed by atoms with Gasteiger partial charge in [-0.1, -0.05) is 39.7 Å². The second-order valence-corrected chi connectivity index (χ2v) is 5.48. The zero-order valence-electron chi connectivity index (χ0n) is 10.7. The molecule has 2 aromatic rings. The third-order valence-corrected chi connectivity index (χ3v) is 3.25. The van der Waals surface area contributed by atoms with Gasteiger partial charge in [-0.2, -0.15) is 0 Å². The molecule has 0 unspecified atom stereocenters. The maximum absolute atomic E-state index is 11.7. The molecule has 104 valence electrons. The molecular formula is C15H12BrClO3. The number of ether oxygens (including phenoxy) is 2. The minimum Gasteiger partial charge on any atom is -0.482 e. The molecule has 0 aliphatic heterocycles. The highest BCUT2D eigenvalue weighted by atomic mass is 79.9. The highest BCUT2D eigenvalue weighted by Crippen LogP contribution is 2.27. The van der Waals surface area contributed by atoms with Gasteiger partial charge in [0.2, 0.25) is 0 Å². The number of carbonyl (C=O) groups excluding carboxylic acids is 1. The van der Waals surface area contributed by atoms with Crippen LogP contribution in [0.3, 0.4) is 0 Å². The van der Waals surface area contributed by atoms with E-state index in [1.54, 1.807) is 24.3 Å². The van der Waals surface area contributed by atoms with Crippen molar-refractivity contribution in [2.75, 3.05) is 6.61 Å². The molecule has 0 aromatic heterocycles. The van der Waals surface area contributed by atoms with Gasteiger partial charge in [0.15, 0.2) is 6.61 Å². The van der Waals surface area contributed by atoms with Gasteiger partial charge < -0.3 is 9.47 Å². The van der Waals surface area contributed by atoms with Crippen LogP contribution in [-0.2, 0) is 4.79 Å². The van der Waals surface area contributed by atoms with E-state index in [0.29, 0.717) is 16.5 Å². The first-order chi connectivity index (χ1) is 9.54. The van der Waals surface area contributed by atoms with Gasteiger partial charge in [-0.15, -0.1) is 0 Å². The Labute approximate surface area is 130 Å². The Morgan fingerprint density at radius 2 is 2.05 bits per heavy atom. The predicted octanol–water partition coefficient (Wildman–Crippen LogP) is 4.40. The van der Waals surface area contributed by atoms with Crippen LogP contribution in [-0.4, -0.2) is 12.6 Å². The zero-order valence-corrected chi connectivity index (χ0v) is 13.1. The molecule has 0 spiro atoms. The van der Waals surface area contributed by atoms with Gasteiger partial charge in [0.1, 0.15) is 11.5 Å². The van der Waals surface area contributed by atoms with Gasteiger partial charge in [0.25, 0.3) is 0 Å². The number of hydrogen-bond donors (Lipinski definition) is 0. The summed E-state index contributed by atoms with van der Waals surface area (Å²) in [6.07, 6.45) is 0. The average Bonchev–Trinajstić information content (AvgIpc) is 2.40. The molecule has 0 amide bonds. The SMILES string of the molecule is Cc1cccc(OCC(=O)Oc2ccc(Br)cc2Cl)c1. The van der Waals surface area contributed by atoms with Crippen molar-refractivity contribution in [1.29, 1.82) is 0 Å². The molecule has 0 fully saturated rings. The van der Waals surface area contributed by atoms with E-state index in [4.69, 9.17) is 21.1 Å². The van der Waals surface area contributed by atoms with Crippen LogP contribution in [0.5, 0.6) is 11.5 Å². The molecule has 0 N–H and O–H groups in total. The van der Waals surface area contributed by atoms with Crippen LogP contribution in [0.1, 0.15) is 5.56 Å². The van der Waals surface area contributed by atoms with Crippen molar-refractivity contribution < 1.29 is 14.3 Å². The van der Waals surface area contributed by atoms with Crippen LogP contribution in [0.4, 0.5) is 0 Å². The number of benzene rings is 2. The second-order valence-electron chi connectivity index (χ2n) is 4.15. The molecule has 0 saturated heterocycles. The van der Waals surface area contributed by atoms with Gasteiger partial charge in [0, 0.05) is 4.47 Å². The summed E-state index contributed by atoms with van der Waals surface area (Å²) in [6.45, 7) is 1.78. The molecule has 5 heteroatoms. The van der Waals surface area contributed by atoms with Crippen molar-refractivity contribution >= 4 is 33.5 Å². The van der Waals surface area contributed by atoms with Gasteiger partial charge in [-0.3, -0.25) is 0 Å². The Balaban J connectivity index is 1.92. The first-order valence-electron chi connectivity index (χ1n) is 5.90. The maximum atomic E-state index is 11.7. The lowest BCUT2D eigenvalue weighted by molar-refractivity contribution is -0.136. The first kappa shape index (κ1) is 14.9. The largest absolute Gasteiger partial charge is 0.482 e. The maximum Gasteiger partial charge on any atom is 0.349 e. The summed E-state index contributed by atoms with van der Waals surface area (Å²) in [7, 11) is 0. The second kappa shape index (κ2) is 6.77. The standard InChI is InChI=1S/C15H12BrClO3/c1-10-3-2-4-12(7-10)19-9-15(18)20-14-6-5-11(16)8-13(14)17/h2-8H,9H2,1H3. The molecule has 3 nitrogen and oxygen atoms in total. The van der Waals surface area contributed by atoms with Crippen molar-refractivity contribution in [2.24, 2.45) is 0 Å². The summed E-state index contributed by atoms with van der Waals surface area (Å²) in [4.78, 5) is 11.7. The van der Waals surface area contributed by atoms with E-state index in [-0.39, 0.29) is 6.61 Å². The third kappa shape index (κ3) is 4.25. The molecule has 2 rings (SSSR count). The van der Waals surface area contributed by atoms with Crippen LogP contribution < -0.4 is 9.47 Å². The number of rotatable bonds is 4. The monoisotopic (exact) mass is 354 g/mol. The molecule has 20 heavy (non-hydrogen) atoms. The van der Waals surface area contributed by atoms with E-state index >= 15 is 0 Å². The van der Waals surface area contributed by atoms with Crippen molar-refractivity contribution in [3.63, 3.8) is 0 Å². The van der Waals surface area contributed by atoms with E-state index in [9.17, 15) is 4.79 Å². The highest BCUT2D eigenvalue weighted by Gasteiger charge is 2.09. The van der Waals surface area contributed by atoms with Crippen molar-refractivity contribution in [3.8, 4) is 11.5 Å². The molecule has 0 saturated carbocycles. The number of aryl methyl sites for hydroxylation is 1. The predicted molar refractivity (Wildman–Crippen MR) is 81.5 cm³/mol. The fraction of sp³-hybridized carbons (Fsp3) is 0.133. The fourth-order valence-corrected chi connectivity index (χ4v) is 2.27. The van der Waals surface area contributed by atoms with Crippen molar-refractivity contribution in [2.45, 2.75) is 6.92 Å². The summed E-state index contributed by atoms with van der Waals surface area (Å²) in [5.74, 6) is 0.437. The van der Waals surface area contributed by atoms with E-state index in [2.05, 4.69) is 15.9 Å². The van der Waals surface area contributed by atoms with E-state index in [0.717, 1.165) is 10.0 Å². The van der Waals surface area contributed by atoms with Gasteiger partial charge >= 0.3 is 5.97 Å². The molecule has 0 atom stereocenters. The topological polar surface area (TPSA) is 35.5 Å². The zero-order chi connectivity index (χ0) is 14.5. The number of halogens is 2. The van der Waals surface area contributed by atoms with Gasteiger partial charge in [-0.05, 0) is 42.8 Å². The molecule has 0 bridgehead atoms. The summed E-state index contributed by atoms with van der Waals surface area (Å²) in [5, 5.41) is 0.364. The minimum atomic E-state index is -0.504. The minimum absolute atomic E-state index is 0.171. The fourth-order valence-electron chi connectivity index (χ4n) is 1.56. The van der Waals surface area contributed by atoms with E-state index < -0.39 is 5.97 Å². The Hall–Kier alpha value is -1.52. The Kier molecular flexibility index (Phi) is 5.04. The van der Waals surface area contributed by atoms with Crippen LogP contribution in [0, 0.1) is 6.92 Å². The van der Waals surface area contributed by atoms with Crippen LogP contribution in [0.15, 0.2) is 46.9 Å². The van der Waals surface area contributed by atoms with E-state index in [1.165, 1.54) is 0 Å². The highest BCUT2D eigenvalue weighted by molar-refractivity contribution is 9.10. The molecular weight excluding hydrogens is 344 g/mol. The number of hydrogen-bond acceptors (Lipinski definition) is 3. The lowest BCUT2D eigenvalue weighted by Gasteiger charge is -2.08. The molecule has 0 aliphatic rings. The normalized spacial score (nSPS) is 10.2. The van der Waals surface area contributed by atoms with Gasteiger partial charge in [-0.25, -0.2) is 4.79 Å². The quantitative estimate of drug-likeness (QED) is 0.602. The van der Waals surface area contributed by atoms with Crippen LogP contribution in [0.2, 0.25) is 5.02 Å². The average molecular weight is 356 g/mol. The smallest absolute Gasteiger partial charge is 0.349 e. The van der Waals surface area contributed by atoms with Crippen LogP contribution in [0.25, 0.3) is 0 Å². The van der Waals surface area contributed by atoms with Crippen molar-refractivity contribution in [3.05, 3.63) is 57.5 Å². The molecule has 0 radical (unpaired) electrons. The van der Waals surface area contributed by atoms with Crippen molar-refractivity contribution in [1.82, 2.24) is 0 Å². The number of esters is 1.